The van der Waals surface area contributed by atoms with E-state index in [0.717, 1.165) is 12.8 Å². The van der Waals surface area contributed by atoms with Crippen LogP contribution < -0.4 is 16.2 Å². The third-order valence-electron chi connectivity index (χ3n) is 2.14. The number of aryl methyl sites for hydroxylation is 1. The normalized spacial score (nSPS) is 10.2. The average molecular weight is 285 g/mol. The first kappa shape index (κ1) is 14.9. The van der Waals surface area contributed by atoms with Gasteiger partial charge in [-0.25, -0.2) is 0 Å². The second-order valence-corrected chi connectivity index (χ2v) is 5.67. The van der Waals surface area contributed by atoms with Crippen molar-refractivity contribution in [3.63, 3.8) is 0 Å². The summed E-state index contributed by atoms with van der Waals surface area (Å²) >= 11 is 6.71. The van der Waals surface area contributed by atoms with Gasteiger partial charge >= 0.3 is 0 Å². The summed E-state index contributed by atoms with van der Waals surface area (Å²) in [6.07, 6.45) is 2.29. The molecule has 0 atom stereocenters. The highest BCUT2D eigenvalue weighted by Gasteiger charge is 2.03. The van der Waals surface area contributed by atoms with Gasteiger partial charge in [-0.05, 0) is 50.4 Å². The Labute approximate surface area is 117 Å². The molecule has 0 aliphatic heterocycles. The van der Waals surface area contributed by atoms with Gasteiger partial charge in [0, 0.05) is 17.3 Å². The summed E-state index contributed by atoms with van der Waals surface area (Å²) in [6, 6.07) is 4.36. The molecule has 0 aliphatic carbocycles. The Hall–Kier alpha value is -1.14. The molecule has 1 rings (SSSR count). The van der Waals surface area contributed by atoms with Gasteiger partial charge in [-0.1, -0.05) is 6.07 Å². The largest absolute Gasteiger partial charge is 0.359 e. The predicted octanol–water partition coefficient (Wildman–Crippen LogP) is 1.97. The summed E-state index contributed by atoms with van der Waals surface area (Å²) < 4.78 is 0. The maximum Gasteiger partial charge on any atom is 0.238 e. The molecule has 6 heteroatoms. The zero-order valence-electron chi connectivity index (χ0n) is 10.7. The molecule has 1 aromatic rings. The molecule has 0 saturated heterocycles. The van der Waals surface area contributed by atoms with Crippen LogP contribution in [-0.2, 0) is 11.2 Å². The Balaban J connectivity index is 2.08. The minimum Gasteiger partial charge on any atom is -0.359 e. The molecule has 100 valence electrons. The molecule has 0 bridgehead atoms. The highest BCUT2D eigenvalue weighted by Crippen LogP contribution is 2.11. The van der Waals surface area contributed by atoms with E-state index in [4.69, 9.17) is 12.2 Å². The first-order chi connectivity index (χ1) is 8.58. The predicted molar refractivity (Wildman–Crippen MR) is 79.4 cm³/mol. The van der Waals surface area contributed by atoms with Crippen molar-refractivity contribution in [1.29, 1.82) is 0 Å². The lowest BCUT2D eigenvalue weighted by molar-refractivity contribution is -0.121. The lowest BCUT2D eigenvalue weighted by atomic mass is 10.2. The summed E-state index contributed by atoms with van der Waals surface area (Å²) in [5.41, 5.74) is 5.26. The van der Waals surface area contributed by atoms with E-state index in [1.807, 2.05) is 25.3 Å². The van der Waals surface area contributed by atoms with Crippen LogP contribution in [0.1, 0.15) is 31.6 Å². The zero-order valence-corrected chi connectivity index (χ0v) is 12.3. The molecule has 1 amide bonds. The van der Waals surface area contributed by atoms with Crippen molar-refractivity contribution in [2.45, 2.75) is 39.2 Å². The van der Waals surface area contributed by atoms with Crippen LogP contribution in [0, 0.1) is 0 Å². The summed E-state index contributed by atoms with van der Waals surface area (Å²) in [4.78, 5) is 12.8. The summed E-state index contributed by atoms with van der Waals surface area (Å²) in [6.45, 7) is 3.97. The minimum atomic E-state index is -0.0422. The molecule has 0 unspecified atom stereocenters. The van der Waals surface area contributed by atoms with Crippen LogP contribution in [0.25, 0.3) is 0 Å². The van der Waals surface area contributed by atoms with Crippen molar-refractivity contribution in [2.75, 3.05) is 0 Å². The van der Waals surface area contributed by atoms with Crippen LogP contribution >= 0.6 is 23.6 Å². The maximum atomic E-state index is 11.5. The van der Waals surface area contributed by atoms with Gasteiger partial charge in [0.25, 0.3) is 0 Å². The number of nitrogens with one attached hydrogen (secondary N) is 3. The number of rotatable bonds is 5. The highest BCUT2D eigenvalue weighted by atomic mass is 32.1. The standard InChI is InChI=1S/C12H19N3OS2/c1-9(2)13-12(17)15-14-11(16)7-3-5-10-6-4-8-18-10/h4,6,8-9H,3,5,7H2,1-2H3,(H,14,16)(H2,13,15,17). The van der Waals surface area contributed by atoms with Gasteiger partial charge < -0.3 is 5.32 Å². The number of hydrazine groups is 1. The van der Waals surface area contributed by atoms with Crippen LogP contribution in [-0.4, -0.2) is 17.1 Å². The molecule has 0 radical (unpaired) electrons. The lowest BCUT2D eigenvalue weighted by Gasteiger charge is -2.13. The smallest absolute Gasteiger partial charge is 0.238 e. The van der Waals surface area contributed by atoms with E-state index in [1.54, 1.807) is 11.3 Å². The summed E-state index contributed by atoms with van der Waals surface area (Å²) in [7, 11) is 0. The van der Waals surface area contributed by atoms with Crippen molar-refractivity contribution in [3.05, 3.63) is 22.4 Å². The minimum absolute atomic E-state index is 0.0422. The Kier molecular flexibility index (Phi) is 6.67. The third kappa shape index (κ3) is 6.56. The maximum absolute atomic E-state index is 11.5. The van der Waals surface area contributed by atoms with E-state index < -0.39 is 0 Å². The molecule has 0 aromatic carbocycles. The number of hydrogen-bond acceptors (Lipinski definition) is 3. The molecule has 0 fully saturated rings. The fraction of sp³-hybridized carbons (Fsp3) is 0.500. The number of carbonyl (C=O) groups is 1. The third-order valence-corrected chi connectivity index (χ3v) is 3.30. The molecule has 1 aromatic heterocycles. The molecule has 0 aliphatic rings. The van der Waals surface area contributed by atoms with Crippen LogP contribution in [0.4, 0.5) is 0 Å². The number of thiocarbonyl (C=S) groups is 1. The average Bonchev–Trinajstić information content (AvgIpc) is 2.78. The lowest BCUT2D eigenvalue weighted by Crippen LogP contribution is -2.48. The van der Waals surface area contributed by atoms with Crippen molar-refractivity contribution in [3.8, 4) is 0 Å². The van der Waals surface area contributed by atoms with Crippen LogP contribution in [0.3, 0.4) is 0 Å². The number of carbonyl (C=O) groups excluding carboxylic acids is 1. The van der Waals surface area contributed by atoms with E-state index in [9.17, 15) is 4.79 Å². The molecule has 0 saturated carbocycles. The Morgan fingerprint density at radius 2 is 2.22 bits per heavy atom. The molecule has 18 heavy (non-hydrogen) atoms. The second-order valence-electron chi connectivity index (χ2n) is 4.23. The number of hydrogen-bond donors (Lipinski definition) is 3. The first-order valence-corrected chi connectivity index (χ1v) is 7.24. The van der Waals surface area contributed by atoms with E-state index in [1.165, 1.54) is 4.88 Å². The van der Waals surface area contributed by atoms with E-state index in [0.29, 0.717) is 11.5 Å². The molecular weight excluding hydrogens is 266 g/mol. The second kappa shape index (κ2) is 8.05. The molecule has 1 heterocycles. The zero-order chi connectivity index (χ0) is 13.4. The van der Waals surface area contributed by atoms with Gasteiger partial charge in [0.2, 0.25) is 5.91 Å². The monoisotopic (exact) mass is 285 g/mol. The number of amides is 1. The molecule has 0 spiro atoms. The van der Waals surface area contributed by atoms with Crippen molar-refractivity contribution in [1.82, 2.24) is 16.2 Å². The molecule has 4 nitrogen and oxygen atoms in total. The van der Waals surface area contributed by atoms with Crippen LogP contribution in [0.2, 0.25) is 0 Å². The van der Waals surface area contributed by atoms with Crippen LogP contribution in [0.15, 0.2) is 17.5 Å². The van der Waals surface area contributed by atoms with Crippen molar-refractivity contribution in [2.24, 2.45) is 0 Å². The van der Waals surface area contributed by atoms with Gasteiger partial charge in [-0.2, -0.15) is 0 Å². The van der Waals surface area contributed by atoms with Crippen LogP contribution in [0.5, 0.6) is 0 Å². The fourth-order valence-electron chi connectivity index (χ4n) is 1.37. The fourth-order valence-corrected chi connectivity index (χ4v) is 2.40. The summed E-state index contributed by atoms with van der Waals surface area (Å²) in [5.74, 6) is -0.0422. The van der Waals surface area contributed by atoms with Crippen molar-refractivity contribution < 1.29 is 4.79 Å². The van der Waals surface area contributed by atoms with E-state index >= 15 is 0 Å². The van der Waals surface area contributed by atoms with Crippen molar-refractivity contribution >= 4 is 34.6 Å². The van der Waals surface area contributed by atoms with Gasteiger partial charge in [0.15, 0.2) is 5.11 Å². The Bertz CT molecular complexity index is 377. The van der Waals surface area contributed by atoms with Gasteiger partial charge in [-0.15, -0.1) is 11.3 Å². The number of thiophene rings is 1. The SMILES string of the molecule is CC(C)NC(=S)NNC(=O)CCCc1cccs1. The van der Waals surface area contributed by atoms with Gasteiger partial charge in [0.1, 0.15) is 0 Å². The van der Waals surface area contributed by atoms with Gasteiger partial charge in [0.05, 0.1) is 0 Å². The van der Waals surface area contributed by atoms with E-state index in [-0.39, 0.29) is 11.9 Å². The Morgan fingerprint density at radius 1 is 1.44 bits per heavy atom. The quantitative estimate of drug-likeness (QED) is 0.572. The first-order valence-electron chi connectivity index (χ1n) is 5.95. The molecular formula is C12H19N3OS2. The van der Waals surface area contributed by atoms with E-state index in [2.05, 4.69) is 22.2 Å². The van der Waals surface area contributed by atoms with Gasteiger partial charge in [-0.3, -0.25) is 15.6 Å². The highest BCUT2D eigenvalue weighted by molar-refractivity contribution is 7.80. The topological polar surface area (TPSA) is 53.2 Å². The molecule has 3 N–H and O–H groups in total. The Morgan fingerprint density at radius 3 is 2.83 bits per heavy atom. The summed E-state index contributed by atoms with van der Waals surface area (Å²) in [5, 5.41) is 5.47.